The lowest BCUT2D eigenvalue weighted by molar-refractivity contribution is 0.219. The number of aliphatic hydroxyl groups excluding tert-OH is 1. The molecule has 1 nitrogen and oxygen atoms in total. The van der Waals surface area contributed by atoms with Gasteiger partial charge in [-0.05, 0) is 47.2 Å². The molecule has 0 aliphatic carbocycles. The van der Waals surface area contributed by atoms with Crippen molar-refractivity contribution in [2.24, 2.45) is 0 Å². The molecule has 106 valence electrons. The fraction of sp³-hybridized carbons (Fsp3) is 0.294. The Morgan fingerprint density at radius 3 is 2.20 bits per heavy atom. The van der Waals surface area contributed by atoms with Crippen LogP contribution < -0.4 is 0 Å². The second kappa shape index (κ2) is 6.38. The van der Waals surface area contributed by atoms with Gasteiger partial charge in [-0.3, -0.25) is 0 Å². The summed E-state index contributed by atoms with van der Waals surface area (Å²) in [5, 5.41) is 10.4. The Bertz CT molecular complexity index is 610. The van der Waals surface area contributed by atoms with Gasteiger partial charge in [0.2, 0.25) is 0 Å². The molecule has 0 saturated heterocycles. The standard InChI is InChI=1S/C17H18ClFO/c1-3-11-5-6-13(9-12(11)4-2)17(20)14-7-8-15(18)16(19)10-14/h5-10,17,20H,3-4H2,1-2H3. The molecule has 20 heavy (non-hydrogen) atoms. The molecular formula is C17H18ClFO. The molecule has 3 heteroatoms. The molecular weight excluding hydrogens is 275 g/mol. The van der Waals surface area contributed by atoms with Crippen LogP contribution in [0.25, 0.3) is 0 Å². The molecule has 0 saturated carbocycles. The average molecular weight is 293 g/mol. The van der Waals surface area contributed by atoms with E-state index in [1.54, 1.807) is 6.07 Å². The molecule has 0 heterocycles. The van der Waals surface area contributed by atoms with E-state index in [1.165, 1.54) is 23.3 Å². The van der Waals surface area contributed by atoms with Crippen LogP contribution >= 0.6 is 11.6 Å². The van der Waals surface area contributed by atoms with Crippen molar-refractivity contribution in [1.29, 1.82) is 0 Å². The maximum absolute atomic E-state index is 13.5. The first-order valence-electron chi connectivity index (χ1n) is 6.81. The maximum Gasteiger partial charge on any atom is 0.142 e. The Labute approximate surface area is 124 Å². The highest BCUT2D eigenvalue weighted by Gasteiger charge is 2.14. The summed E-state index contributed by atoms with van der Waals surface area (Å²) in [6.45, 7) is 4.20. The van der Waals surface area contributed by atoms with E-state index in [9.17, 15) is 9.50 Å². The average Bonchev–Trinajstić information content (AvgIpc) is 2.48. The van der Waals surface area contributed by atoms with Gasteiger partial charge in [0.25, 0.3) is 0 Å². The Morgan fingerprint density at radius 1 is 1.00 bits per heavy atom. The number of hydrogen-bond acceptors (Lipinski definition) is 1. The lowest BCUT2D eigenvalue weighted by Crippen LogP contribution is -2.02. The van der Waals surface area contributed by atoms with Crippen molar-refractivity contribution in [3.05, 3.63) is 69.5 Å². The van der Waals surface area contributed by atoms with Crippen molar-refractivity contribution in [2.75, 3.05) is 0 Å². The highest BCUT2D eigenvalue weighted by atomic mass is 35.5. The van der Waals surface area contributed by atoms with Gasteiger partial charge in [-0.1, -0.05) is 49.7 Å². The molecule has 0 amide bonds. The SMILES string of the molecule is CCc1ccc(C(O)c2ccc(Cl)c(F)c2)cc1CC. The summed E-state index contributed by atoms with van der Waals surface area (Å²) in [5.41, 5.74) is 3.79. The van der Waals surface area contributed by atoms with E-state index in [0.717, 1.165) is 18.4 Å². The van der Waals surface area contributed by atoms with Gasteiger partial charge >= 0.3 is 0 Å². The van der Waals surface area contributed by atoms with Gasteiger partial charge in [-0.2, -0.15) is 0 Å². The van der Waals surface area contributed by atoms with Crippen molar-refractivity contribution in [3.8, 4) is 0 Å². The summed E-state index contributed by atoms with van der Waals surface area (Å²) in [4.78, 5) is 0. The van der Waals surface area contributed by atoms with E-state index >= 15 is 0 Å². The fourth-order valence-electron chi connectivity index (χ4n) is 2.36. The van der Waals surface area contributed by atoms with Gasteiger partial charge in [0, 0.05) is 0 Å². The zero-order valence-corrected chi connectivity index (χ0v) is 12.4. The molecule has 0 aliphatic rings. The van der Waals surface area contributed by atoms with Crippen molar-refractivity contribution in [3.63, 3.8) is 0 Å². The van der Waals surface area contributed by atoms with Crippen LogP contribution in [0.2, 0.25) is 5.02 Å². The highest BCUT2D eigenvalue weighted by molar-refractivity contribution is 6.30. The Morgan fingerprint density at radius 2 is 1.60 bits per heavy atom. The van der Waals surface area contributed by atoms with E-state index in [2.05, 4.69) is 13.8 Å². The first-order chi connectivity index (χ1) is 9.56. The third-order valence-electron chi connectivity index (χ3n) is 3.57. The molecule has 2 aromatic rings. The molecule has 0 aliphatic heterocycles. The number of benzene rings is 2. The van der Waals surface area contributed by atoms with Crippen molar-refractivity contribution >= 4 is 11.6 Å². The summed E-state index contributed by atoms with van der Waals surface area (Å²) in [6, 6.07) is 10.3. The third-order valence-corrected chi connectivity index (χ3v) is 3.87. The summed E-state index contributed by atoms with van der Waals surface area (Å²) >= 11 is 5.66. The number of aryl methyl sites for hydroxylation is 2. The maximum atomic E-state index is 13.5. The van der Waals surface area contributed by atoms with Crippen LogP contribution in [0.3, 0.4) is 0 Å². The zero-order chi connectivity index (χ0) is 14.7. The van der Waals surface area contributed by atoms with Crippen LogP contribution in [0.15, 0.2) is 36.4 Å². The second-order valence-electron chi connectivity index (χ2n) is 4.81. The second-order valence-corrected chi connectivity index (χ2v) is 5.22. The van der Waals surface area contributed by atoms with E-state index in [-0.39, 0.29) is 5.02 Å². The van der Waals surface area contributed by atoms with Crippen LogP contribution in [0.4, 0.5) is 4.39 Å². The molecule has 0 spiro atoms. The molecule has 2 rings (SSSR count). The number of hydrogen-bond donors (Lipinski definition) is 1. The van der Waals surface area contributed by atoms with Crippen molar-refractivity contribution < 1.29 is 9.50 Å². The van der Waals surface area contributed by atoms with Crippen molar-refractivity contribution in [2.45, 2.75) is 32.8 Å². The number of aliphatic hydroxyl groups is 1. The van der Waals surface area contributed by atoms with Crippen LogP contribution in [-0.4, -0.2) is 5.11 Å². The summed E-state index contributed by atoms with van der Waals surface area (Å²) in [5.74, 6) is -0.510. The van der Waals surface area contributed by atoms with Crippen LogP contribution in [0.5, 0.6) is 0 Å². The van der Waals surface area contributed by atoms with Gasteiger partial charge < -0.3 is 5.11 Å². The van der Waals surface area contributed by atoms with Gasteiger partial charge in [0.1, 0.15) is 11.9 Å². The first-order valence-corrected chi connectivity index (χ1v) is 7.19. The van der Waals surface area contributed by atoms with E-state index < -0.39 is 11.9 Å². The largest absolute Gasteiger partial charge is 0.384 e. The van der Waals surface area contributed by atoms with Crippen LogP contribution in [0.1, 0.15) is 42.2 Å². The molecule has 0 fully saturated rings. The molecule has 0 aromatic heterocycles. The van der Waals surface area contributed by atoms with Gasteiger partial charge in [0.05, 0.1) is 5.02 Å². The summed E-state index contributed by atoms with van der Waals surface area (Å²) < 4.78 is 13.5. The van der Waals surface area contributed by atoms with Crippen molar-refractivity contribution in [1.82, 2.24) is 0 Å². The molecule has 2 aromatic carbocycles. The minimum Gasteiger partial charge on any atom is -0.384 e. The minimum absolute atomic E-state index is 0.0662. The predicted molar refractivity (Wildman–Crippen MR) is 80.7 cm³/mol. The molecule has 0 radical (unpaired) electrons. The Kier molecular flexibility index (Phi) is 4.79. The van der Waals surface area contributed by atoms with Crippen LogP contribution in [-0.2, 0) is 12.8 Å². The zero-order valence-electron chi connectivity index (χ0n) is 11.7. The molecule has 1 atom stereocenters. The summed E-state index contributed by atoms with van der Waals surface area (Å²) in [7, 11) is 0. The number of halogens is 2. The van der Waals surface area contributed by atoms with Crippen LogP contribution in [0, 0.1) is 5.82 Å². The fourth-order valence-corrected chi connectivity index (χ4v) is 2.48. The van der Waals surface area contributed by atoms with Gasteiger partial charge in [0.15, 0.2) is 0 Å². The normalized spacial score (nSPS) is 12.4. The summed E-state index contributed by atoms with van der Waals surface area (Å²) in [6.07, 6.45) is 1.05. The van der Waals surface area contributed by atoms with E-state index in [1.807, 2.05) is 18.2 Å². The monoisotopic (exact) mass is 292 g/mol. The topological polar surface area (TPSA) is 20.2 Å². The Hall–Kier alpha value is -1.38. The lowest BCUT2D eigenvalue weighted by Gasteiger charge is -2.15. The predicted octanol–water partition coefficient (Wildman–Crippen LogP) is 4.69. The van der Waals surface area contributed by atoms with Gasteiger partial charge in [-0.15, -0.1) is 0 Å². The number of rotatable bonds is 4. The first kappa shape index (κ1) is 15.0. The smallest absolute Gasteiger partial charge is 0.142 e. The van der Waals surface area contributed by atoms with E-state index in [4.69, 9.17) is 11.6 Å². The minimum atomic E-state index is -0.835. The molecule has 1 unspecified atom stereocenters. The van der Waals surface area contributed by atoms with E-state index in [0.29, 0.717) is 5.56 Å². The van der Waals surface area contributed by atoms with Gasteiger partial charge in [-0.25, -0.2) is 4.39 Å². The lowest BCUT2D eigenvalue weighted by atomic mass is 9.95. The molecule has 1 N–H and O–H groups in total. The Balaban J connectivity index is 2.37. The highest BCUT2D eigenvalue weighted by Crippen LogP contribution is 2.27. The quantitative estimate of drug-likeness (QED) is 0.867. The molecule has 0 bridgehead atoms. The third kappa shape index (κ3) is 3.02.